The van der Waals surface area contributed by atoms with Crippen LogP contribution >= 0.6 is 27.3 Å². The standard InChI is InChI=1S/C17H13BrN4OS/c1-2-23-14-9-5-11(6-10-14)15-19-20-17-22(15)21-16(24-17)12-3-7-13(18)8-4-12/h3-10H,2H2,1H3. The predicted molar refractivity (Wildman–Crippen MR) is 98.4 cm³/mol. The molecule has 2 heterocycles. The van der Waals surface area contributed by atoms with Crippen LogP contribution in [-0.4, -0.2) is 26.4 Å². The van der Waals surface area contributed by atoms with Crippen LogP contribution < -0.4 is 4.74 Å². The zero-order valence-corrected chi connectivity index (χ0v) is 15.2. The average molecular weight is 401 g/mol. The predicted octanol–water partition coefficient (Wildman–Crippen LogP) is 4.68. The van der Waals surface area contributed by atoms with Crippen LogP contribution in [0.5, 0.6) is 5.75 Å². The van der Waals surface area contributed by atoms with E-state index in [1.807, 2.05) is 55.5 Å². The molecule has 0 radical (unpaired) electrons. The lowest BCUT2D eigenvalue weighted by atomic mass is 10.2. The second-order valence-corrected chi connectivity index (χ2v) is 6.96. The highest BCUT2D eigenvalue weighted by Crippen LogP contribution is 2.29. The number of benzene rings is 2. The second-order valence-electron chi connectivity index (χ2n) is 5.09. The minimum Gasteiger partial charge on any atom is -0.494 e. The van der Waals surface area contributed by atoms with Gasteiger partial charge in [0.05, 0.1) is 6.61 Å². The van der Waals surface area contributed by atoms with Crippen LogP contribution in [0.15, 0.2) is 53.0 Å². The van der Waals surface area contributed by atoms with Crippen molar-refractivity contribution in [3.8, 4) is 27.7 Å². The molecule has 24 heavy (non-hydrogen) atoms. The molecule has 0 aliphatic heterocycles. The first kappa shape index (κ1) is 15.3. The molecule has 0 unspecified atom stereocenters. The van der Waals surface area contributed by atoms with Crippen molar-refractivity contribution in [2.24, 2.45) is 0 Å². The quantitative estimate of drug-likeness (QED) is 0.498. The average Bonchev–Trinajstić information content (AvgIpc) is 3.17. The van der Waals surface area contributed by atoms with Crippen molar-refractivity contribution in [2.45, 2.75) is 6.92 Å². The van der Waals surface area contributed by atoms with Gasteiger partial charge in [-0.05, 0) is 43.3 Å². The Balaban J connectivity index is 1.73. The third-order valence-electron chi connectivity index (χ3n) is 3.51. The number of aromatic nitrogens is 4. The van der Waals surface area contributed by atoms with Crippen LogP contribution in [0.3, 0.4) is 0 Å². The fourth-order valence-electron chi connectivity index (χ4n) is 2.37. The van der Waals surface area contributed by atoms with Gasteiger partial charge in [-0.1, -0.05) is 39.4 Å². The second kappa shape index (κ2) is 6.33. The first-order valence-corrected chi connectivity index (χ1v) is 9.07. The Morgan fingerprint density at radius 1 is 1.00 bits per heavy atom. The van der Waals surface area contributed by atoms with Gasteiger partial charge in [0, 0.05) is 15.6 Å². The van der Waals surface area contributed by atoms with Crippen LogP contribution in [0.4, 0.5) is 0 Å². The smallest absolute Gasteiger partial charge is 0.235 e. The van der Waals surface area contributed by atoms with Crippen molar-refractivity contribution in [1.82, 2.24) is 19.8 Å². The first-order chi connectivity index (χ1) is 11.7. The van der Waals surface area contributed by atoms with Crippen LogP contribution in [-0.2, 0) is 0 Å². The maximum atomic E-state index is 5.48. The summed E-state index contributed by atoms with van der Waals surface area (Å²) in [7, 11) is 0. The first-order valence-electron chi connectivity index (χ1n) is 7.46. The Kier molecular flexibility index (Phi) is 4.03. The van der Waals surface area contributed by atoms with Gasteiger partial charge < -0.3 is 4.74 Å². The van der Waals surface area contributed by atoms with Crippen molar-refractivity contribution >= 4 is 32.2 Å². The zero-order chi connectivity index (χ0) is 16.5. The van der Waals surface area contributed by atoms with E-state index in [2.05, 4.69) is 31.2 Å². The lowest BCUT2D eigenvalue weighted by Crippen LogP contribution is -1.93. The minimum absolute atomic E-state index is 0.650. The summed E-state index contributed by atoms with van der Waals surface area (Å²) in [5.74, 6) is 1.57. The summed E-state index contributed by atoms with van der Waals surface area (Å²) in [5.41, 5.74) is 2.02. The normalized spacial score (nSPS) is 11.1. The molecular formula is C17H13BrN4OS. The molecule has 4 rings (SSSR count). The molecule has 0 aliphatic carbocycles. The highest BCUT2D eigenvalue weighted by molar-refractivity contribution is 9.10. The molecule has 0 aliphatic rings. The van der Waals surface area contributed by atoms with Gasteiger partial charge >= 0.3 is 0 Å². The minimum atomic E-state index is 0.650. The van der Waals surface area contributed by atoms with E-state index in [0.717, 1.165) is 37.1 Å². The number of nitrogens with zero attached hydrogens (tertiary/aromatic N) is 4. The Bertz CT molecular complexity index is 976. The maximum absolute atomic E-state index is 5.48. The van der Waals surface area contributed by atoms with Crippen molar-refractivity contribution in [1.29, 1.82) is 0 Å². The molecule has 0 spiro atoms. The molecule has 5 nitrogen and oxygen atoms in total. The van der Waals surface area contributed by atoms with E-state index >= 15 is 0 Å². The highest BCUT2D eigenvalue weighted by atomic mass is 79.9. The van der Waals surface area contributed by atoms with Crippen LogP contribution in [0.2, 0.25) is 0 Å². The van der Waals surface area contributed by atoms with Crippen molar-refractivity contribution in [3.05, 3.63) is 53.0 Å². The SMILES string of the molecule is CCOc1ccc(-c2nnc3sc(-c4ccc(Br)cc4)nn23)cc1. The molecule has 7 heteroatoms. The molecule has 0 saturated heterocycles. The highest BCUT2D eigenvalue weighted by Gasteiger charge is 2.14. The monoisotopic (exact) mass is 400 g/mol. The van der Waals surface area contributed by atoms with Gasteiger partial charge in [-0.25, -0.2) is 0 Å². The number of hydrogen-bond acceptors (Lipinski definition) is 5. The Labute approximate surface area is 151 Å². The molecule has 0 fully saturated rings. The fourth-order valence-corrected chi connectivity index (χ4v) is 3.48. The third-order valence-corrected chi connectivity index (χ3v) is 4.98. The van der Waals surface area contributed by atoms with Gasteiger partial charge in [-0.3, -0.25) is 0 Å². The molecule has 2 aromatic carbocycles. The van der Waals surface area contributed by atoms with E-state index in [4.69, 9.17) is 4.74 Å². The zero-order valence-electron chi connectivity index (χ0n) is 12.8. The van der Waals surface area contributed by atoms with E-state index in [9.17, 15) is 0 Å². The molecular weight excluding hydrogens is 388 g/mol. The van der Waals surface area contributed by atoms with Crippen molar-refractivity contribution < 1.29 is 4.74 Å². The molecule has 2 aromatic heterocycles. The summed E-state index contributed by atoms with van der Waals surface area (Å²) in [6.45, 7) is 2.62. The summed E-state index contributed by atoms with van der Waals surface area (Å²) in [5, 5.41) is 14.1. The van der Waals surface area contributed by atoms with Crippen LogP contribution in [0.1, 0.15) is 6.92 Å². The van der Waals surface area contributed by atoms with Crippen molar-refractivity contribution in [3.63, 3.8) is 0 Å². The lowest BCUT2D eigenvalue weighted by molar-refractivity contribution is 0.340. The summed E-state index contributed by atoms with van der Waals surface area (Å²) in [4.78, 5) is 0.775. The molecule has 0 bridgehead atoms. The third kappa shape index (κ3) is 2.81. The number of ether oxygens (including phenoxy) is 1. The number of rotatable bonds is 4. The van der Waals surface area contributed by atoms with Gasteiger partial charge in [0.25, 0.3) is 0 Å². The molecule has 0 saturated carbocycles. The van der Waals surface area contributed by atoms with E-state index in [-0.39, 0.29) is 0 Å². The fraction of sp³-hybridized carbons (Fsp3) is 0.118. The van der Waals surface area contributed by atoms with E-state index in [0.29, 0.717) is 6.61 Å². The van der Waals surface area contributed by atoms with Gasteiger partial charge in [-0.2, -0.15) is 9.61 Å². The van der Waals surface area contributed by atoms with Gasteiger partial charge in [0.15, 0.2) is 5.82 Å². The molecule has 0 atom stereocenters. The lowest BCUT2D eigenvalue weighted by Gasteiger charge is -2.03. The van der Waals surface area contributed by atoms with Gasteiger partial charge in [0.1, 0.15) is 10.8 Å². The van der Waals surface area contributed by atoms with Crippen LogP contribution in [0, 0.1) is 0 Å². The Hall–Kier alpha value is -2.25. The maximum Gasteiger partial charge on any atom is 0.235 e. The molecule has 120 valence electrons. The van der Waals surface area contributed by atoms with Crippen LogP contribution in [0.25, 0.3) is 26.9 Å². The number of fused-ring (bicyclic) bond motifs is 1. The molecule has 4 aromatic rings. The Morgan fingerprint density at radius 2 is 1.71 bits per heavy atom. The molecule has 0 amide bonds. The summed E-state index contributed by atoms with van der Waals surface area (Å²) in [6, 6.07) is 15.9. The summed E-state index contributed by atoms with van der Waals surface area (Å²) in [6.07, 6.45) is 0. The summed E-state index contributed by atoms with van der Waals surface area (Å²) >= 11 is 4.97. The van der Waals surface area contributed by atoms with E-state index in [1.54, 1.807) is 4.52 Å². The topological polar surface area (TPSA) is 52.3 Å². The van der Waals surface area contributed by atoms with Gasteiger partial charge in [0.2, 0.25) is 4.96 Å². The van der Waals surface area contributed by atoms with E-state index in [1.165, 1.54) is 11.3 Å². The largest absolute Gasteiger partial charge is 0.494 e. The van der Waals surface area contributed by atoms with E-state index < -0.39 is 0 Å². The Morgan fingerprint density at radius 3 is 2.42 bits per heavy atom. The number of halogens is 1. The van der Waals surface area contributed by atoms with Gasteiger partial charge in [-0.15, -0.1) is 10.2 Å². The van der Waals surface area contributed by atoms with Crippen molar-refractivity contribution in [2.75, 3.05) is 6.61 Å². The summed E-state index contributed by atoms with van der Waals surface area (Å²) < 4.78 is 8.31. The number of hydrogen-bond donors (Lipinski definition) is 0. The molecule has 0 N–H and O–H groups in total.